The first-order chi connectivity index (χ1) is 7.48. The summed E-state index contributed by atoms with van der Waals surface area (Å²) < 4.78 is 8.62. The number of carbonyl (C=O) groups excluding carboxylic acids is 2. The first-order valence-electron chi connectivity index (χ1n) is 5.34. The minimum atomic E-state index is -0.878. The number of halogens is 1. The molecule has 0 aromatic rings. The van der Waals surface area contributed by atoms with Crippen molar-refractivity contribution in [1.29, 1.82) is 0 Å². The number of unbranched alkanes of at least 4 members (excludes halogenated alkanes) is 1. The summed E-state index contributed by atoms with van der Waals surface area (Å²) in [6, 6.07) is 0. The van der Waals surface area contributed by atoms with Crippen LogP contribution in [0.2, 0.25) is 0 Å². The SMILES string of the molecule is CCCC[C@]1(C(=O)OC)C[C@@]1(Br)C(=O)OC. The van der Waals surface area contributed by atoms with E-state index in [-0.39, 0.29) is 5.97 Å². The highest BCUT2D eigenvalue weighted by Gasteiger charge is 2.76. The molecule has 92 valence electrons. The van der Waals surface area contributed by atoms with Gasteiger partial charge in [-0.1, -0.05) is 35.7 Å². The Bertz CT molecular complexity index is 304. The molecule has 2 atom stereocenters. The Hall–Kier alpha value is -0.580. The monoisotopic (exact) mass is 292 g/mol. The van der Waals surface area contributed by atoms with Crippen molar-refractivity contribution >= 4 is 27.9 Å². The molecule has 0 heterocycles. The van der Waals surface area contributed by atoms with Gasteiger partial charge < -0.3 is 9.47 Å². The van der Waals surface area contributed by atoms with Gasteiger partial charge in [0.15, 0.2) is 0 Å². The van der Waals surface area contributed by atoms with Crippen molar-refractivity contribution in [1.82, 2.24) is 0 Å². The molecule has 1 aliphatic carbocycles. The Kier molecular flexibility index (Phi) is 3.99. The lowest BCUT2D eigenvalue weighted by Crippen LogP contribution is -2.32. The molecular weight excluding hydrogens is 276 g/mol. The summed E-state index contributed by atoms with van der Waals surface area (Å²) >= 11 is 3.34. The van der Waals surface area contributed by atoms with Crippen LogP contribution in [0.4, 0.5) is 0 Å². The highest BCUT2D eigenvalue weighted by molar-refractivity contribution is 9.10. The zero-order valence-corrected chi connectivity index (χ0v) is 11.4. The Morgan fingerprint density at radius 3 is 2.25 bits per heavy atom. The number of esters is 2. The minimum absolute atomic E-state index is 0.330. The summed E-state index contributed by atoms with van der Waals surface area (Å²) in [4.78, 5) is 23.4. The van der Waals surface area contributed by atoms with Gasteiger partial charge >= 0.3 is 11.9 Å². The summed E-state index contributed by atoms with van der Waals surface area (Å²) in [5.74, 6) is -0.725. The van der Waals surface area contributed by atoms with Gasteiger partial charge in [-0.25, -0.2) is 0 Å². The van der Waals surface area contributed by atoms with E-state index >= 15 is 0 Å². The second kappa shape index (κ2) is 4.73. The normalized spacial score (nSPS) is 32.0. The summed E-state index contributed by atoms with van der Waals surface area (Å²) in [6.07, 6.45) is 2.97. The highest BCUT2D eigenvalue weighted by atomic mass is 79.9. The lowest BCUT2D eigenvalue weighted by Gasteiger charge is -2.17. The molecule has 1 rings (SSSR count). The van der Waals surface area contributed by atoms with E-state index in [0.717, 1.165) is 12.8 Å². The van der Waals surface area contributed by atoms with E-state index in [4.69, 9.17) is 9.47 Å². The number of alkyl halides is 1. The molecule has 16 heavy (non-hydrogen) atoms. The van der Waals surface area contributed by atoms with Crippen LogP contribution >= 0.6 is 15.9 Å². The van der Waals surface area contributed by atoms with Crippen molar-refractivity contribution in [2.75, 3.05) is 14.2 Å². The molecule has 0 spiro atoms. The van der Waals surface area contributed by atoms with Crippen LogP contribution in [0.1, 0.15) is 32.6 Å². The topological polar surface area (TPSA) is 52.6 Å². The maximum Gasteiger partial charge on any atom is 0.323 e. The van der Waals surface area contributed by atoms with Gasteiger partial charge in [0.25, 0.3) is 0 Å². The summed E-state index contributed by atoms with van der Waals surface area (Å²) in [5.41, 5.74) is -0.731. The van der Waals surface area contributed by atoms with E-state index in [1.807, 2.05) is 6.92 Å². The number of carbonyl (C=O) groups is 2. The Balaban J connectivity index is 2.86. The molecule has 0 saturated heterocycles. The quantitative estimate of drug-likeness (QED) is 0.575. The van der Waals surface area contributed by atoms with Crippen LogP contribution in [0.15, 0.2) is 0 Å². The average molecular weight is 293 g/mol. The molecule has 0 radical (unpaired) electrons. The van der Waals surface area contributed by atoms with Crippen molar-refractivity contribution in [2.24, 2.45) is 5.41 Å². The lowest BCUT2D eigenvalue weighted by atomic mass is 9.96. The lowest BCUT2D eigenvalue weighted by molar-refractivity contribution is -0.151. The van der Waals surface area contributed by atoms with Crippen LogP contribution in [0, 0.1) is 5.41 Å². The van der Waals surface area contributed by atoms with E-state index in [0.29, 0.717) is 12.8 Å². The predicted octanol–water partition coefficient (Wildman–Crippen LogP) is 2.05. The number of hydrogen-bond acceptors (Lipinski definition) is 4. The van der Waals surface area contributed by atoms with Crippen molar-refractivity contribution in [3.63, 3.8) is 0 Å². The second-order valence-corrected chi connectivity index (χ2v) is 5.50. The summed E-state index contributed by atoms with van der Waals surface area (Å²) in [6.45, 7) is 2.04. The Labute approximate surface area is 104 Å². The molecule has 4 nitrogen and oxygen atoms in total. The van der Waals surface area contributed by atoms with Gasteiger partial charge in [-0.3, -0.25) is 9.59 Å². The van der Waals surface area contributed by atoms with Crippen LogP contribution < -0.4 is 0 Å². The summed E-state index contributed by atoms with van der Waals surface area (Å²) in [7, 11) is 2.67. The average Bonchev–Trinajstić information content (AvgIpc) is 2.92. The minimum Gasteiger partial charge on any atom is -0.469 e. The second-order valence-electron chi connectivity index (χ2n) is 4.15. The molecule has 1 aliphatic rings. The van der Waals surface area contributed by atoms with Gasteiger partial charge in [0.05, 0.1) is 19.6 Å². The van der Waals surface area contributed by atoms with Gasteiger partial charge in [-0.15, -0.1) is 0 Å². The molecule has 0 amide bonds. The number of hydrogen-bond donors (Lipinski definition) is 0. The summed E-state index contributed by atoms with van der Waals surface area (Å²) in [5, 5.41) is 0. The van der Waals surface area contributed by atoms with E-state index < -0.39 is 15.7 Å². The van der Waals surface area contributed by atoms with Crippen molar-refractivity contribution < 1.29 is 19.1 Å². The molecule has 0 aliphatic heterocycles. The fourth-order valence-electron chi connectivity index (χ4n) is 2.10. The molecule has 0 unspecified atom stereocenters. The molecule has 0 aromatic heterocycles. The highest BCUT2D eigenvalue weighted by Crippen LogP contribution is 2.66. The largest absolute Gasteiger partial charge is 0.469 e. The third-order valence-corrected chi connectivity index (χ3v) is 4.58. The standard InChI is InChI=1S/C11H17BrO4/c1-4-5-6-10(8(13)15-2)7-11(10,12)9(14)16-3/h4-7H2,1-3H3/t10-,11-/m1/s1. The number of rotatable bonds is 5. The van der Waals surface area contributed by atoms with Crippen LogP contribution in [0.25, 0.3) is 0 Å². The number of ether oxygens (including phenoxy) is 2. The van der Waals surface area contributed by atoms with Crippen molar-refractivity contribution in [3.05, 3.63) is 0 Å². The first-order valence-corrected chi connectivity index (χ1v) is 6.13. The van der Waals surface area contributed by atoms with Crippen LogP contribution in [0.3, 0.4) is 0 Å². The van der Waals surface area contributed by atoms with Gasteiger partial charge in [0.2, 0.25) is 0 Å². The van der Waals surface area contributed by atoms with Gasteiger partial charge in [0.1, 0.15) is 4.32 Å². The van der Waals surface area contributed by atoms with E-state index in [1.54, 1.807) is 0 Å². The zero-order chi connectivity index (χ0) is 12.4. The van der Waals surface area contributed by atoms with Gasteiger partial charge in [-0.05, 0) is 12.8 Å². The Morgan fingerprint density at radius 2 is 1.81 bits per heavy atom. The molecule has 0 N–H and O–H groups in total. The zero-order valence-electron chi connectivity index (χ0n) is 9.84. The van der Waals surface area contributed by atoms with Crippen LogP contribution in [-0.2, 0) is 19.1 Å². The third kappa shape index (κ3) is 1.85. The fraction of sp³-hybridized carbons (Fsp3) is 0.818. The number of methoxy groups -OCH3 is 2. The Morgan fingerprint density at radius 1 is 1.25 bits per heavy atom. The van der Waals surface area contributed by atoms with Crippen molar-refractivity contribution in [2.45, 2.75) is 36.9 Å². The third-order valence-electron chi connectivity index (χ3n) is 3.22. The van der Waals surface area contributed by atoms with Crippen LogP contribution in [0.5, 0.6) is 0 Å². The van der Waals surface area contributed by atoms with Gasteiger partial charge in [-0.2, -0.15) is 0 Å². The van der Waals surface area contributed by atoms with E-state index in [2.05, 4.69) is 15.9 Å². The van der Waals surface area contributed by atoms with Crippen LogP contribution in [-0.4, -0.2) is 30.5 Å². The van der Waals surface area contributed by atoms with Gasteiger partial charge in [0, 0.05) is 0 Å². The predicted molar refractivity (Wildman–Crippen MR) is 62.3 cm³/mol. The molecular formula is C11H17BrO4. The molecule has 0 bridgehead atoms. The molecule has 1 saturated carbocycles. The van der Waals surface area contributed by atoms with E-state index in [9.17, 15) is 9.59 Å². The fourth-order valence-corrected chi connectivity index (χ4v) is 3.10. The van der Waals surface area contributed by atoms with Crippen molar-refractivity contribution in [3.8, 4) is 0 Å². The maximum atomic E-state index is 11.8. The van der Waals surface area contributed by atoms with E-state index in [1.165, 1.54) is 14.2 Å². The molecule has 5 heteroatoms. The first kappa shape index (κ1) is 13.5. The maximum absolute atomic E-state index is 11.8. The molecule has 1 fully saturated rings. The smallest absolute Gasteiger partial charge is 0.323 e. The molecule has 0 aromatic carbocycles.